The van der Waals surface area contributed by atoms with E-state index in [-0.39, 0.29) is 0 Å². The Morgan fingerprint density at radius 3 is 2.72 bits per heavy atom. The Labute approximate surface area is 106 Å². The number of morpholine rings is 1. The number of ether oxygens (including phenoxy) is 2. The minimum Gasteiger partial charge on any atom is -0.379 e. The van der Waals surface area contributed by atoms with E-state index in [1.165, 1.54) is 0 Å². The third kappa shape index (κ3) is 3.52. The van der Waals surface area contributed by atoms with Crippen molar-refractivity contribution in [3.05, 3.63) is 11.9 Å². The van der Waals surface area contributed by atoms with Gasteiger partial charge in [-0.05, 0) is 0 Å². The number of aromatic nitrogens is 2. The summed E-state index contributed by atoms with van der Waals surface area (Å²) >= 11 is 0. The fraction of sp³-hybridized carbons (Fsp3) is 0.636. The predicted octanol–water partition coefficient (Wildman–Crippen LogP) is 0.324. The summed E-state index contributed by atoms with van der Waals surface area (Å²) in [6.45, 7) is 3.56. The summed E-state index contributed by atoms with van der Waals surface area (Å²) in [5.74, 6) is 2.19. The lowest BCUT2D eigenvalue weighted by molar-refractivity contribution is 0.0494. The second-order valence-electron chi connectivity index (χ2n) is 3.95. The second kappa shape index (κ2) is 6.48. The Balaban J connectivity index is 2.07. The van der Waals surface area contributed by atoms with Gasteiger partial charge < -0.3 is 20.2 Å². The van der Waals surface area contributed by atoms with Gasteiger partial charge in [-0.15, -0.1) is 0 Å². The van der Waals surface area contributed by atoms with E-state index in [9.17, 15) is 0 Å². The Kier molecular flexibility index (Phi) is 4.68. The molecule has 0 spiro atoms. The van der Waals surface area contributed by atoms with Gasteiger partial charge >= 0.3 is 0 Å². The van der Waals surface area contributed by atoms with Crippen molar-refractivity contribution in [2.24, 2.45) is 0 Å². The molecule has 0 aromatic carbocycles. The molecule has 0 saturated carbocycles. The van der Waals surface area contributed by atoms with Crippen LogP contribution in [-0.2, 0) is 16.1 Å². The highest BCUT2D eigenvalue weighted by Gasteiger charge is 2.11. The Morgan fingerprint density at radius 2 is 2.06 bits per heavy atom. The summed E-state index contributed by atoms with van der Waals surface area (Å²) in [7, 11) is 3.46. The lowest BCUT2D eigenvalue weighted by atomic mass is 10.4. The first-order valence-electron chi connectivity index (χ1n) is 5.96. The van der Waals surface area contributed by atoms with Crippen LogP contribution in [0.15, 0.2) is 6.07 Å². The standard InChI is InChI=1S/C11H19N5O2/c1-12-9-7-10(14-11(13-9)8-17-2)15-16-3-5-18-6-4-16/h7H,3-6,8H2,1-2H3,(H2,12,13,14,15). The van der Waals surface area contributed by atoms with Gasteiger partial charge in [0.25, 0.3) is 0 Å². The van der Waals surface area contributed by atoms with Crippen molar-refractivity contribution in [3.63, 3.8) is 0 Å². The molecular weight excluding hydrogens is 234 g/mol. The van der Waals surface area contributed by atoms with Gasteiger partial charge in [0.2, 0.25) is 0 Å². The number of methoxy groups -OCH3 is 1. The molecule has 1 fully saturated rings. The summed E-state index contributed by atoms with van der Waals surface area (Å²) in [5, 5.41) is 5.10. The van der Waals surface area contributed by atoms with E-state index in [1.807, 2.05) is 13.1 Å². The van der Waals surface area contributed by atoms with E-state index in [0.717, 1.165) is 37.9 Å². The average Bonchev–Trinajstić information content (AvgIpc) is 2.40. The molecule has 0 radical (unpaired) electrons. The number of anilines is 2. The molecule has 7 nitrogen and oxygen atoms in total. The van der Waals surface area contributed by atoms with Gasteiger partial charge in [-0.25, -0.2) is 15.0 Å². The number of hydrazine groups is 1. The summed E-state index contributed by atoms with van der Waals surface area (Å²) < 4.78 is 10.4. The number of rotatable bonds is 5. The summed E-state index contributed by atoms with van der Waals surface area (Å²) in [4.78, 5) is 8.70. The highest BCUT2D eigenvalue weighted by molar-refractivity contribution is 5.46. The van der Waals surface area contributed by atoms with Crippen LogP contribution in [0.3, 0.4) is 0 Å². The van der Waals surface area contributed by atoms with Gasteiger partial charge in [0.05, 0.1) is 13.2 Å². The SMILES string of the molecule is CNc1cc(NN2CCOCC2)nc(COC)n1. The Bertz CT molecular complexity index is 382. The highest BCUT2D eigenvalue weighted by Crippen LogP contribution is 2.12. The topological polar surface area (TPSA) is 71.5 Å². The number of hydrogen-bond donors (Lipinski definition) is 2. The third-order valence-electron chi connectivity index (χ3n) is 2.59. The summed E-state index contributed by atoms with van der Waals surface area (Å²) in [6, 6.07) is 1.87. The molecular formula is C11H19N5O2. The van der Waals surface area contributed by atoms with Crippen molar-refractivity contribution in [2.45, 2.75) is 6.61 Å². The van der Waals surface area contributed by atoms with Crippen LogP contribution in [0.4, 0.5) is 11.6 Å². The highest BCUT2D eigenvalue weighted by atomic mass is 16.5. The van der Waals surface area contributed by atoms with E-state index in [0.29, 0.717) is 12.4 Å². The van der Waals surface area contributed by atoms with Crippen LogP contribution >= 0.6 is 0 Å². The Hall–Kier alpha value is -1.44. The first-order chi connectivity index (χ1) is 8.81. The summed E-state index contributed by atoms with van der Waals surface area (Å²) in [6.07, 6.45) is 0. The van der Waals surface area contributed by atoms with Gasteiger partial charge in [0.15, 0.2) is 5.82 Å². The molecule has 0 amide bonds. The van der Waals surface area contributed by atoms with E-state index in [1.54, 1.807) is 7.11 Å². The van der Waals surface area contributed by atoms with Crippen LogP contribution in [0.5, 0.6) is 0 Å². The van der Waals surface area contributed by atoms with Crippen LogP contribution in [-0.4, -0.2) is 55.4 Å². The minimum absolute atomic E-state index is 0.396. The molecule has 0 unspecified atom stereocenters. The monoisotopic (exact) mass is 253 g/mol. The van der Waals surface area contributed by atoms with Gasteiger partial charge in [-0.3, -0.25) is 0 Å². The van der Waals surface area contributed by atoms with Crippen molar-refractivity contribution in [1.29, 1.82) is 0 Å². The van der Waals surface area contributed by atoms with Crippen molar-refractivity contribution in [3.8, 4) is 0 Å². The third-order valence-corrected chi connectivity index (χ3v) is 2.59. The molecule has 1 aliphatic heterocycles. The average molecular weight is 253 g/mol. The fourth-order valence-electron chi connectivity index (χ4n) is 1.71. The van der Waals surface area contributed by atoms with Crippen molar-refractivity contribution >= 4 is 11.6 Å². The lowest BCUT2D eigenvalue weighted by Gasteiger charge is -2.27. The molecule has 0 bridgehead atoms. The lowest BCUT2D eigenvalue weighted by Crippen LogP contribution is -2.40. The van der Waals surface area contributed by atoms with Gasteiger partial charge in [-0.2, -0.15) is 0 Å². The van der Waals surface area contributed by atoms with E-state index >= 15 is 0 Å². The molecule has 1 saturated heterocycles. The fourth-order valence-corrected chi connectivity index (χ4v) is 1.71. The van der Waals surface area contributed by atoms with Gasteiger partial charge in [0.1, 0.15) is 18.2 Å². The molecule has 1 aliphatic rings. The zero-order valence-electron chi connectivity index (χ0n) is 10.8. The minimum atomic E-state index is 0.396. The maximum absolute atomic E-state index is 5.30. The largest absolute Gasteiger partial charge is 0.379 e. The van der Waals surface area contributed by atoms with Crippen LogP contribution in [0, 0.1) is 0 Å². The maximum atomic E-state index is 5.30. The normalized spacial score (nSPS) is 16.6. The molecule has 2 N–H and O–H groups in total. The molecule has 18 heavy (non-hydrogen) atoms. The molecule has 2 heterocycles. The zero-order valence-corrected chi connectivity index (χ0v) is 10.8. The number of hydrogen-bond acceptors (Lipinski definition) is 7. The number of nitrogens with one attached hydrogen (secondary N) is 2. The molecule has 0 aliphatic carbocycles. The van der Waals surface area contributed by atoms with E-state index in [2.05, 4.69) is 25.7 Å². The molecule has 2 rings (SSSR count). The van der Waals surface area contributed by atoms with Crippen molar-refractivity contribution in [2.75, 3.05) is 51.2 Å². The zero-order chi connectivity index (χ0) is 12.8. The smallest absolute Gasteiger partial charge is 0.158 e. The quantitative estimate of drug-likeness (QED) is 0.783. The molecule has 100 valence electrons. The van der Waals surface area contributed by atoms with Crippen LogP contribution in [0.25, 0.3) is 0 Å². The maximum Gasteiger partial charge on any atom is 0.158 e. The molecule has 1 aromatic rings. The van der Waals surface area contributed by atoms with Gasteiger partial charge in [0, 0.05) is 33.3 Å². The van der Waals surface area contributed by atoms with Crippen LogP contribution < -0.4 is 10.7 Å². The first-order valence-corrected chi connectivity index (χ1v) is 5.96. The van der Waals surface area contributed by atoms with Crippen LogP contribution in [0.2, 0.25) is 0 Å². The first kappa shape index (κ1) is 13.0. The van der Waals surface area contributed by atoms with Gasteiger partial charge in [-0.1, -0.05) is 0 Å². The Morgan fingerprint density at radius 1 is 1.33 bits per heavy atom. The van der Waals surface area contributed by atoms with Crippen molar-refractivity contribution in [1.82, 2.24) is 15.0 Å². The van der Waals surface area contributed by atoms with Crippen LogP contribution in [0.1, 0.15) is 5.82 Å². The van der Waals surface area contributed by atoms with E-state index < -0.39 is 0 Å². The number of nitrogens with zero attached hydrogens (tertiary/aromatic N) is 3. The van der Waals surface area contributed by atoms with Crippen molar-refractivity contribution < 1.29 is 9.47 Å². The summed E-state index contributed by atoms with van der Waals surface area (Å²) in [5.41, 5.74) is 3.26. The van der Waals surface area contributed by atoms with E-state index in [4.69, 9.17) is 9.47 Å². The molecule has 7 heteroatoms. The molecule has 0 atom stereocenters. The second-order valence-corrected chi connectivity index (χ2v) is 3.95. The molecule has 1 aromatic heterocycles. The predicted molar refractivity (Wildman–Crippen MR) is 68.3 cm³/mol.